The van der Waals surface area contributed by atoms with Crippen molar-refractivity contribution in [1.29, 1.82) is 0 Å². The van der Waals surface area contributed by atoms with Gasteiger partial charge in [0.1, 0.15) is 27.2 Å². The summed E-state index contributed by atoms with van der Waals surface area (Å²) in [7, 11) is 7.75. The van der Waals surface area contributed by atoms with Crippen molar-refractivity contribution in [3.63, 3.8) is 0 Å². The number of benzene rings is 3. The highest BCUT2D eigenvalue weighted by atomic mass is 79.9. The molecule has 0 aromatic heterocycles. The lowest BCUT2D eigenvalue weighted by atomic mass is 9.83. The number of carboxylic acid groups (broad SMARTS) is 1. The van der Waals surface area contributed by atoms with Gasteiger partial charge in [0.15, 0.2) is 23.1 Å². The Morgan fingerprint density at radius 2 is 1.31 bits per heavy atom. The van der Waals surface area contributed by atoms with Gasteiger partial charge in [-0.05, 0) is 99.3 Å². The summed E-state index contributed by atoms with van der Waals surface area (Å²) in [6.07, 6.45) is 5.34. The molecular formula is C90H127Br2N9O20. The first kappa shape index (κ1) is 98.0. The Hall–Kier alpha value is -8.46. The third-order valence-electron chi connectivity index (χ3n) is 23.9. The molecule has 5 heterocycles. The van der Waals surface area contributed by atoms with Crippen molar-refractivity contribution in [2.45, 2.75) is 203 Å². The fourth-order valence-electron chi connectivity index (χ4n) is 16.9. The second-order valence-electron chi connectivity index (χ2n) is 33.1. The lowest BCUT2D eigenvalue weighted by Crippen LogP contribution is -2.54. The summed E-state index contributed by atoms with van der Waals surface area (Å²) in [5, 5.41) is 18.9. The van der Waals surface area contributed by atoms with E-state index in [2.05, 4.69) is 66.0 Å². The average molecular weight is 1810 g/mol. The van der Waals surface area contributed by atoms with E-state index >= 15 is 0 Å². The number of aliphatic imine (C=N–C) groups is 1. The molecule has 14 atom stereocenters. The third kappa shape index (κ3) is 26.3. The standard InChI is InChI=1S/C90H127Br2N9O20/c1-16-57(8)83(76(115-14)49-78(106)99-31-23-26-68(99)84(116-15)59(10)71(103)44-61(90(112)113)43-60-24-19-17-20-25-60)98(12)87(109)63(53(2)3)45-72(104)82(54(4)5)97(11)77(105)28-35-117-36-29-93-85(107)79(91)80(92)86(108)94-30-37-119-39-38-118-34-27-70(102)81-69-41-56(7)52-101(69)89(111)65-46-74(114-13)75(48-67(65)96-81)121-33-22-18-21-32-120-73-47-66-64(42-58(73)9)88(110)100-51-55(6)40-62(100)50-95-66/h17,19-20,24-25,42,46-48,50,53-54,57,59,61-63,68-69,76,79-84,96H,6-7,16,18,21-23,26-41,43-45,49,51-52H2,1-5,8-15H3,(H,93,107)(H,94,108)(H,112,113)/t57-,59-,61+,62-,63-,68-,69-,76+,79?,80?,81?,82-,83-,84+/m0/s1. The Balaban J connectivity index is 0.701. The van der Waals surface area contributed by atoms with Crippen LogP contribution in [-0.2, 0) is 73.3 Å². The number of likely N-dealkylation sites (tertiary alicyclic amines) is 1. The molecule has 666 valence electrons. The summed E-state index contributed by atoms with van der Waals surface area (Å²) in [6, 6.07) is 12.9. The van der Waals surface area contributed by atoms with Gasteiger partial charge in [-0.1, -0.05) is 141 Å². The van der Waals surface area contributed by atoms with Gasteiger partial charge in [0.05, 0.1) is 144 Å². The van der Waals surface area contributed by atoms with Crippen LogP contribution in [-0.4, -0.2) is 280 Å². The molecule has 7 amide bonds. The lowest BCUT2D eigenvalue weighted by Gasteiger charge is -2.41. The number of carboxylic acids is 1. The minimum atomic E-state index is -1.07. The quantitative estimate of drug-likeness (QED) is 0.0232. The molecule has 8 rings (SSSR count). The Labute approximate surface area is 729 Å². The molecule has 5 aliphatic rings. The average Bonchev–Trinajstić information content (AvgIpc) is 1.85. The summed E-state index contributed by atoms with van der Waals surface area (Å²) < 4.78 is 47.5. The number of carbonyl (C=O) groups is 11. The highest BCUT2D eigenvalue weighted by Gasteiger charge is 2.47. The number of ether oxygens (including phenoxy) is 8. The lowest BCUT2D eigenvalue weighted by molar-refractivity contribution is -0.150. The Bertz CT molecular complexity index is 4150. The molecule has 3 saturated heterocycles. The number of amides is 7. The van der Waals surface area contributed by atoms with Crippen LogP contribution in [0, 0.1) is 42.4 Å². The molecule has 0 radical (unpaired) electrons. The van der Waals surface area contributed by atoms with E-state index in [1.807, 2.05) is 102 Å². The van der Waals surface area contributed by atoms with Crippen LogP contribution in [0.15, 0.2) is 83.9 Å². The van der Waals surface area contributed by atoms with Crippen LogP contribution in [0.25, 0.3) is 0 Å². The number of alkyl halides is 2. The molecule has 0 spiro atoms. The van der Waals surface area contributed by atoms with Gasteiger partial charge in [0.2, 0.25) is 29.5 Å². The maximum atomic E-state index is 14.9. The zero-order valence-electron chi connectivity index (χ0n) is 72.7. The van der Waals surface area contributed by atoms with Gasteiger partial charge in [-0.2, -0.15) is 0 Å². The maximum Gasteiger partial charge on any atom is 0.307 e. The number of likely N-dealkylation sites (N-methyl/N-ethyl adjacent to an activating group) is 2. The van der Waals surface area contributed by atoms with Gasteiger partial charge in [-0.15, -0.1) is 0 Å². The van der Waals surface area contributed by atoms with Crippen LogP contribution >= 0.6 is 31.9 Å². The van der Waals surface area contributed by atoms with Crippen molar-refractivity contribution in [2.75, 3.05) is 126 Å². The van der Waals surface area contributed by atoms with Gasteiger partial charge >= 0.3 is 5.97 Å². The second kappa shape index (κ2) is 47.4. The summed E-state index contributed by atoms with van der Waals surface area (Å²) >= 11 is 6.64. The van der Waals surface area contributed by atoms with Crippen LogP contribution in [0.5, 0.6) is 17.2 Å². The van der Waals surface area contributed by atoms with Crippen molar-refractivity contribution in [1.82, 2.24) is 35.1 Å². The van der Waals surface area contributed by atoms with Crippen LogP contribution in [0.4, 0.5) is 11.4 Å². The van der Waals surface area contributed by atoms with Crippen molar-refractivity contribution in [3.8, 4) is 17.2 Å². The van der Waals surface area contributed by atoms with Crippen LogP contribution in [0.1, 0.15) is 164 Å². The normalized spacial score (nSPS) is 19.3. The number of methoxy groups -OCH3 is 3. The molecule has 0 saturated carbocycles. The number of Topliss-reactive ketones (excluding diaryl/α,β-unsaturated/α-hetero) is 3. The first-order chi connectivity index (χ1) is 57.7. The number of unbranched alkanes of at least 4 members (excludes halogenated alkanes) is 2. The highest BCUT2D eigenvalue weighted by molar-refractivity contribution is 9.12. The maximum absolute atomic E-state index is 14.9. The second-order valence-corrected chi connectivity index (χ2v) is 35.1. The molecule has 29 nitrogen and oxygen atoms in total. The molecule has 0 aliphatic carbocycles. The number of fused-ring (bicyclic) bond motifs is 4. The van der Waals surface area contributed by atoms with E-state index in [9.17, 15) is 57.8 Å². The minimum Gasteiger partial charge on any atom is -0.493 e. The van der Waals surface area contributed by atoms with E-state index in [4.69, 9.17) is 37.9 Å². The van der Waals surface area contributed by atoms with Crippen LogP contribution in [0.2, 0.25) is 0 Å². The van der Waals surface area contributed by atoms with Crippen LogP contribution in [0.3, 0.4) is 0 Å². The van der Waals surface area contributed by atoms with Gasteiger partial charge in [0, 0.05) is 110 Å². The van der Waals surface area contributed by atoms with Crippen molar-refractivity contribution >= 4 is 114 Å². The number of aliphatic carboxylic acids is 1. The predicted octanol–water partition coefficient (Wildman–Crippen LogP) is 10.4. The number of nitrogens with one attached hydrogen (secondary N) is 3. The Morgan fingerprint density at radius 3 is 1.93 bits per heavy atom. The first-order valence-electron chi connectivity index (χ1n) is 42.4. The summed E-state index contributed by atoms with van der Waals surface area (Å²) in [4.78, 5) is 163. The molecule has 3 aromatic carbocycles. The summed E-state index contributed by atoms with van der Waals surface area (Å²) in [5.41, 5.74) is 5.47. The van der Waals surface area contributed by atoms with Crippen LogP contribution < -0.4 is 30.2 Å². The fourth-order valence-corrected chi connectivity index (χ4v) is 17.7. The first-order valence-corrected chi connectivity index (χ1v) is 44.3. The monoisotopic (exact) mass is 1810 g/mol. The Kier molecular flexibility index (Phi) is 38.4. The molecule has 5 aliphatic heterocycles. The SMILES string of the molecule is C=C1C[C@H]2C=Nc3cc(OCCCCCOc4cc5c(cc4OC)C(=O)N4CC(=C)C[C@H]4C(C(=O)CCOCCOCCNC(=O)C(Br)C(Br)C(=O)NCCOCCC(=O)N(C)[C@H](C(=O)C[C@H](C(=O)N(C)[C@@H]([C@@H](C)CC)[C@@H](CC(=O)N4CCC[C@H]4[C@H](OC)[C@@H](C)C(=O)C[C@@H](Cc4ccccc4)C(=O)O)OC)C(C)C)C(C)C)N5)c(C)cc3C(=O)N2C1. The third-order valence-corrected chi connectivity index (χ3v) is 26.5. The topological polar surface area (TPSA) is 346 Å². The van der Waals surface area contributed by atoms with E-state index < -0.39 is 87.6 Å². The number of carbonyl (C=O) groups excluding carboxylic acids is 10. The number of rotatable bonds is 51. The number of hydrogen-bond donors (Lipinski definition) is 4. The Morgan fingerprint density at radius 1 is 0.686 bits per heavy atom. The molecule has 4 N–H and O–H groups in total. The van der Waals surface area contributed by atoms with E-state index in [0.717, 1.165) is 35.1 Å². The summed E-state index contributed by atoms with van der Waals surface area (Å²) in [6.45, 7) is 26.1. The number of halogens is 2. The van der Waals surface area contributed by atoms with Crippen molar-refractivity contribution in [2.24, 2.45) is 40.5 Å². The van der Waals surface area contributed by atoms with Crippen molar-refractivity contribution < 1.29 is 95.7 Å². The largest absolute Gasteiger partial charge is 0.493 e. The minimum absolute atomic E-state index is 0.0224. The van der Waals surface area contributed by atoms with Gasteiger partial charge in [-0.25, -0.2) is 0 Å². The highest BCUT2D eigenvalue weighted by Crippen LogP contribution is 2.41. The smallest absolute Gasteiger partial charge is 0.307 e. The van der Waals surface area contributed by atoms with E-state index in [1.54, 1.807) is 47.9 Å². The zero-order chi connectivity index (χ0) is 88.5. The molecule has 3 fully saturated rings. The van der Waals surface area contributed by atoms with E-state index in [0.29, 0.717) is 111 Å². The van der Waals surface area contributed by atoms with Gasteiger partial charge < -0.3 is 83.5 Å². The molecule has 31 heteroatoms. The molecular weight excluding hydrogens is 1690 g/mol. The number of aryl methyl sites for hydroxylation is 1. The fraction of sp³-hybridized carbons (Fsp3) is 0.622. The van der Waals surface area contributed by atoms with E-state index in [-0.39, 0.29) is 162 Å². The number of ketones is 3. The van der Waals surface area contributed by atoms with Crippen molar-refractivity contribution in [3.05, 3.63) is 101 Å². The zero-order valence-corrected chi connectivity index (χ0v) is 75.8. The van der Waals surface area contributed by atoms with Gasteiger partial charge in [0.25, 0.3) is 11.8 Å². The predicted molar refractivity (Wildman–Crippen MR) is 466 cm³/mol. The molecule has 3 aromatic rings. The molecule has 3 unspecified atom stereocenters. The molecule has 121 heavy (non-hydrogen) atoms. The molecule has 0 bridgehead atoms. The number of anilines is 1. The number of hydrogen-bond acceptors (Lipinski definition) is 21. The van der Waals surface area contributed by atoms with Gasteiger partial charge in [-0.3, -0.25) is 57.7 Å². The van der Waals surface area contributed by atoms with E-state index in [1.165, 1.54) is 26.2 Å². The number of nitrogens with zero attached hydrogens (tertiary/aromatic N) is 6. The summed E-state index contributed by atoms with van der Waals surface area (Å²) in [5.74, 6) is -5.67.